The predicted molar refractivity (Wildman–Crippen MR) is 52.2 cm³/mol. The van der Waals surface area contributed by atoms with E-state index in [1.807, 2.05) is 5.48 Å². The van der Waals surface area contributed by atoms with Gasteiger partial charge in [0.15, 0.2) is 11.5 Å². The first-order valence-electron chi connectivity index (χ1n) is 4.76. The Morgan fingerprint density at radius 2 is 2.00 bits per heavy atom. The molecule has 15 heavy (non-hydrogen) atoms. The van der Waals surface area contributed by atoms with E-state index in [1.165, 1.54) is 0 Å². The number of hydrogen-bond donors (Lipinski definition) is 3. The van der Waals surface area contributed by atoms with E-state index in [0.29, 0.717) is 30.3 Å². The van der Waals surface area contributed by atoms with Crippen molar-refractivity contribution in [3.63, 3.8) is 0 Å². The van der Waals surface area contributed by atoms with Crippen molar-refractivity contribution in [2.45, 2.75) is 6.10 Å². The molecule has 1 aliphatic heterocycles. The highest BCUT2D eigenvalue weighted by molar-refractivity contribution is 5.44. The quantitative estimate of drug-likeness (QED) is 0.634. The van der Waals surface area contributed by atoms with Crippen LogP contribution in [0.5, 0.6) is 11.5 Å². The van der Waals surface area contributed by atoms with Crippen LogP contribution in [0.4, 0.5) is 0 Å². The van der Waals surface area contributed by atoms with Crippen molar-refractivity contribution in [2.24, 2.45) is 0 Å². The summed E-state index contributed by atoms with van der Waals surface area (Å²) in [6, 6.07) is 5.22. The van der Waals surface area contributed by atoms with E-state index in [0.717, 1.165) is 0 Å². The molecule has 0 saturated carbocycles. The van der Waals surface area contributed by atoms with Gasteiger partial charge in [-0.1, -0.05) is 6.07 Å². The number of ether oxygens (including phenoxy) is 2. The van der Waals surface area contributed by atoms with Gasteiger partial charge in [-0.25, -0.2) is 5.48 Å². The third kappa shape index (κ3) is 2.20. The molecule has 82 valence electrons. The summed E-state index contributed by atoms with van der Waals surface area (Å²) < 4.78 is 10.7. The first kappa shape index (κ1) is 10.2. The van der Waals surface area contributed by atoms with Crippen LogP contribution >= 0.6 is 0 Å². The minimum Gasteiger partial charge on any atom is -0.486 e. The fraction of sp³-hybridized carbons (Fsp3) is 0.400. The Hall–Kier alpha value is -1.30. The number of aliphatic hydroxyl groups excluding tert-OH is 1. The summed E-state index contributed by atoms with van der Waals surface area (Å²) in [6.45, 7) is 1.15. The first-order valence-corrected chi connectivity index (χ1v) is 4.76. The third-order valence-corrected chi connectivity index (χ3v) is 2.24. The van der Waals surface area contributed by atoms with Crippen LogP contribution in [0.25, 0.3) is 0 Å². The monoisotopic (exact) mass is 211 g/mol. The Bertz CT molecular complexity index is 342. The van der Waals surface area contributed by atoms with Gasteiger partial charge in [0.1, 0.15) is 13.2 Å². The highest BCUT2D eigenvalue weighted by Gasteiger charge is 2.14. The van der Waals surface area contributed by atoms with Crippen LogP contribution in [-0.4, -0.2) is 30.1 Å². The molecular formula is C10H13NO4. The number of hydrogen-bond acceptors (Lipinski definition) is 5. The number of hydroxylamine groups is 1. The molecule has 1 aromatic rings. The average Bonchev–Trinajstić information content (AvgIpc) is 2.29. The summed E-state index contributed by atoms with van der Waals surface area (Å²) in [5.41, 5.74) is 2.61. The van der Waals surface area contributed by atoms with Gasteiger partial charge in [-0.05, 0) is 17.7 Å². The molecule has 1 aliphatic rings. The van der Waals surface area contributed by atoms with Crippen LogP contribution in [-0.2, 0) is 0 Å². The molecule has 0 spiro atoms. The summed E-state index contributed by atoms with van der Waals surface area (Å²) in [5.74, 6) is 1.32. The van der Waals surface area contributed by atoms with E-state index < -0.39 is 6.10 Å². The Balaban J connectivity index is 2.20. The second-order valence-corrected chi connectivity index (χ2v) is 3.28. The Kier molecular flexibility index (Phi) is 3.05. The lowest BCUT2D eigenvalue weighted by atomic mass is 10.1. The summed E-state index contributed by atoms with van der Waals surface area (Å²) in [5, 5.41) is 18.1. The maximum atomic E-state index is 9.60. The van der Waals surface area contributed by atoms with Gasteiger partial charge in [0.25, 0.3) is 0 Å². The van der Waals surface area contributed by atoms with Crippen molar-refractivity contribution in [3.8, 4) is 11.5 Å². The van der Waals surface area contributed by atoms with Gasteiger partial charge in [0.2, 0.25) is 0 Å². The number of aliphatic hydroxyl groups is 1. The molecule has 0 aliphatic carbocycles. The fourth-order valence-corrected chi connectivity index (χ4v) is 1.47. The summed E-state index contributed by atoms with van der Waals surface area (Å²) in [4.78, 5) is 0. The number of nitrogens with one attached hydrogen (secondary N) is 1. The largest absolute Gasteiger partial charge is 0.486 e. The molecule has 0 fully saturated rings. The molecule has 2 rings (SSSR count). The molecular weight excluding hydrogens is 198 g/mol. The lowest BCUT2D eigenvalue weighted by Gasteiger charge is -2.20. The summed E-state index contributed by atoms with van der Waals surface area (Å²) >= 11 is 0. The van der Waals surface area contributed by atoms with E-state index in [9.17, 15) is 5.11 Å². The van der Waals surface area contributed by atoms with Crippen LogP contribution in [0, 0.1) is 0 Å². The number of rotatable bonds is 3. The molecule has 1 heterocycles. The maximum Gasteiger partial charge on any atom is 0.161 e. The SMILES string of the molecule is ONCC(O)c1ccc2c(c1)OCCO2. The van der Waals surface area contributed by atoms with Crippen molar-refractivity contribution in [1.29, 1.82) is 0 Å². The number of fused-ring (bicyclic) bond motifs is 1. The topological polar surface area (TPSA) is 71.0 Å². The van der Waals surface area contributed by atoms with E-state index >= 15 is 0 Å². The van der Waals surface area contributed by atoms with Crippen LogP contribution in [0.15, 0.2) is 18.2 Å². The normalized spacial score (nSPS) is 16.1. The third-order valence-electron chi connectivity index (χ3n) is 2.24. The molecule has 1 atom stereocenters. The van der Waals surface area contributed by atoms with Gasteiger partial charge in [0.05, 0.1) is 12.6 Å². The van der Waals surface area contributed by atoms with Gasteiger partial charge in [-0.2, -0.15) is 0 Å². The van der Waals surface area contributed by atoms with Gasteiger partial charge >= 0.3 is 0 Å². The standard InChI is InChI=1S/C10H13NO4/c12-8(6-11-13)7-1-2-9-10(5-7)15-4-3-14-9/h1-2,5,8,11-13H,3-4,6H2. The lowest BCUT2D eigenvalue weighted by Crippen LogP contribution is -2.19. The van der Waals surface area contributed by atoms with Gasteiger partial charge in [0, 0.05) is 0 Å². The van der Waals surface area contributed by atoms with Gasteiger partial charge in [-0.15, -0.1) is 0 Å². The zero-order valence-corrected chi connectivity index (χ0v) is 8.14. The molecule has 5 heteroatoms. The van der Waals surface area contributed by atoms with Crippen LogP contribution in [0.1, 0.15) is 11.7 Å². The van der Waals surface area contributed by atoms with Crippen molar-refractivity contribution in [2.75, 3.05) is 19.8 Å². The van der Waals surface area contributed by atoms with Crippen LogP contribution in [0.3, 0.4) is 0 Å². The Morgan fingerprint density at radius 1 is 1.27 bits per heavy atom. The van der Waals surface area contributed by atoms with Crippen LogP contribution < -0.4 is 15.0 Å². The van der Waals surface area contributed by atoms with Crippen LogP contribution in [0.2, 0.25) is 0 Å². The highest BCUT2D eigenvalue weighted by atomic mass is 16.6. The molecule has 0 bridgehead atoms. The Labute approximate surface area is 87.2 Å². The molecule has 0 aromatic heterocycles. The van der Waals surface area contributed by atoms with Gasteiger partial charge < -0.3 is 19.8 Å². The highest BCUT2D eigenvalue weighted by Crippen LogP contribution is 2.32. The van der Waals surface area contributed by atoms with E-state index in [1.54, 1.807) is 18.2 Å². The minimum absolute atomic E-state index is 0.0830. The van der Waals surface area contributed by atoms with Crippen molar-refractivity contribution < 1.29 is 19.8 Å². The first-order chi connectivity index (χ1) is 7.31. The van der Waals surface area contributed by atoms with Crippen molar-refractivity contribution >= 4 is 0 Å². The fourth-order valence-electron chi connectivity index (χ4n) is 1.47. The molecule has 3 N–H and O–H groups in total. The average molecular weight is 211 g/mol. The minimum atomic E-state index is -0.758. The second kappa shape index (κ2) is 4.48. The molecule has 0 radical (unpaired) electrons. The zero-order valence-electron chi connectivity index (χ0n) is 8.14. The summed E-state index contributed by atoms with van der Waals surface area (Å²) in [7, 11) is 0. The van der Waals surface area contributed by atoms with E-state index in [-0.39, 0.29) is 6.54 Å². The molecule has 1 aromatic carbocycles. The molecule has 1 unspecified atom stereocenters. The molecule has 0 amide bonds. The van der Waals surface area contributed by atoms with Crippen molar-refractivity contribution in [1.82, 2.24) is 5.48 Å². The lowest BCUT2D eigenvalue weighted by molar-refractivity contribution is 0.0916. The van der Waals surface area contributed by atoms with Gasteiger partial charge in [-0.3, -0.25) is 0 Å². The Morgan fingerprint density at radius 3 is 2.73 bits per heavy atom. The maximum absolute atomic E-state index is 9.60. The van der Waals surface area contributed by atoms with Crippen molar-refractivity contribution in [3.05, 3.63) is 23.8 Å². The number of benzene rings is 1. The van der Waals surface area contributed by atoms with E-state index in [4.69, 9.17) is 14.7 Å². The second-order valence-electron chi connectivity index (χ2n) is 3.28. The smallest absolute Gasteiger partial charge is 0.161 e. The van der Waals surface area contributed by atoms with E-state index in [2.05, 4.69) is 0 Å². The summed E-state index contributed by atoms with van der Waals surface area (Å²) in [6.07, 6.45) is -0.758. The molecule has 5 nitrogen and oxygen atoms in total. The predicted octanol–water partition coefficient (Wildman–Crippen LogP) is 0.470. The zero-order chi connectivity index (χ0) is 10.7. The molecule has 0 saturated heterocycles.